The summed E-state index contributed by atoms with van der Waals surface area (Å²) in [4.78, 5) is 6.54. The fourth-order valence-electron chi connectivity index (χ4n) is 1.86. The van der Waals surface area contributed by atoms with E-state index in [9.17, 15) is 0 Å². The Kier molecular flexibility index (Phi) is 5.58. The van der Waals surface area contributed by atoms with Crippen molar-refractivity contribution in [2.75, 3.05) is 27.7 Å². The summed E-state index contributed by atoms with van der Waals surface area (Å²) in [7, 11) is 6.17. The van der Waals surface area contributed by atoms with Gasteiger partial charge in [0, 0.05) is 25.6 Å². The number of nitrogens with zero attached hydrogens (tertiary/aromatic N) is 4. The molecule has 5 heteroatoms. The molecule has 0 saturated carbocycles. The summed E-state index contributed by atoms with van der Waals surface area (Å²) < 4.78 is 2.02. The predicted molar refractivity (Wildman–Crippen MR) is 70.0 cm³/mol. The van der Waals surface area contributed by atoms with Crippen LogP contribution in [0.5, 0.6) is 0 Å². The van der Waals surface area contributed by atoms with E-state index in [2.05, 4.69) is 48.2 Å². The van der Waals surface area contributed by atoms with Gasteiger partial charge in [0.15, 0.2) is 0 Å². The number of likely N-dealkylation sites (N-methyl/N-ethyl adjacent to an activating group) is 2. The SMILES string of the molecule is CNC(Cc1ncnn1CC(C)C)CN(C)C. The monoisotopic (exact) mass is 239 g/mol. The van der Waals surface area contributed by atoms with Gasteiger partial charge in [0.2, 0.25) is 0 Å². The van der Waals surface area contributed by atoms with Crippen LogP contribution in [-0.4, -0.2) is 53.4 Å². The number of nitrogens with one attached hydrogen (secondary N) is 1. The zero-order valence-electron chi connectivity index (χ0n) is 11.6. The van der Waals surface area contributed by atoms with E-state index in [1.54, 1.807) is 6.33 Å². The molecule has 0 aliphatic carbocycles. The van der Waals surface area contributed by atoms with E-state index >= 15 is 0 Å². The predicted octanol–water partition coefficient (Wildman–Crippen LogP) is 0.626. The Morgan fingerprint density at radius 1 is 1.41 bits per heavy atom. The summed E-state index contributed by atoms with van der Waals surface area (Å²) in [5.41, 5.74) is 0. The molecular formula is C12H25N5. The van der Waals surface area contributed by atoms with Crippen molar-refractivity contribution in [3.8, 4) is 0 Å². The fourth-order valence-corrected chi connectivity index (χ4v) is 1.86. The van der Waals surface area contributed by atoms with Crippen molar-refractivity contribution in [3.63, 3.8) is 0 Å². The fraction of sp³-hybridized carbons (Fsp3) is 0.833. The molecule has 1 N–H and O–H groups in total. The molecule has 0 spiro atoms. The molecule has 1 aromatic heterocycles. The maximum atomic E-state index is 4.36. The summed E-state index contributed by atoms with van der Waals surface area (Å²) in [6.45, 7) is 6.33. The first-order chi connectivity index (χ1) is 8.02. The van der Waals surface area contributed by atoms with Gasteiger partial charge in [0.1, 0.15) is 12.2 Å². The standard InChI is InChI=1S/C12H25N5/c1-10(2)7-17-12(14-9-15-17)6-11(13-3)8-16(4)5/h9-11,13H,6-8H2,1-5H3. The molecule has 1 heterocycles. The van der Waals surface area contributed by atoms with Gasteiger partial charge < -0.3 is 10.2 Å². The van der Waals surface area contributed by atoms with E-state index in [0.717, 1.165) is 25.3 Å². The first-order valence-corrected chi connectivity index (χ1v) is 6.21. The molecule has 1 atom stereocenters. The van der Waals surface area contributed by atoms with E-state index in [0.29, 0.717) is 12.0 Å². The number of hydrogen-bond donors (Lipinski definition) is 1. The quantitative estimate of drug-likeness (QED) is 0.758. The van der Waals surface area contributed by atoms with Crippen LogP contribution >= 0.6 is 0 Å². The average Bonchev–Trinajstić information content (AvgIpc) is 2.63. The van der Waals surface area contributed by atoms with Crippen molar-refractivity contribution in [2.24, 2.45) is 5.92 Å². The number of aromatic nitrogens is 3. The first kappa shape index (κ1) is 14.1. The van der Waals surface area contributed by atoms with Gasteiger partial charge in [-0.05, 0) is 27.1 Å². The molecule has 0 aromatic carbocycles. The molecule has 0 aliphatic heterocycles. The number of hydrogen-bond acceptors (Lipinski definition) is 4. The molecule has 1 unspecified atom stereocenters. The maximum absolute atomic E-state index is 4.36. The smallest absolute Gasteiger partial charge is 0.138 e. The largest absolute Gasteiger partial charge is 0.315 e. The lowest BCUT2D eigenvalue weighted by molar-refractivity contribution is 0.339. The molecule has 98 valence electrons. The highest BCUT2D eigenvalue weighted by atomic mass is 15.3. The zero-order chi connectivity index (χ0) is 12.8. The lowest BCUT2D eigenvalue weighted by atomic mass is 10.2. The van der Waals surface area contributed by atoms with Crippen LogP contribution in [0.4, 0.5) is 0 Å². The van der Waals surface area contributed by atoms with Crippen LogP contribution in [-0.2, 0) is 13.0 Å². The first-order valence-electron chi connectivity index (χ1n) is 6.21. The molecule has 1 aromatic rings. The topological polar surface area (TPSA) is 46.0 Å². The minimum absolute atomic E-state index is 0.417. The molecule has 0 aliphatic rings. The van der Waals surface area contributed by atoms with Gasteiger partial charge in [-0.15, -0.1) is 0 Å². The van der Waals surface area contributed by atoms with E-state index in [-0.39, 0.29) is 0 Å². The highest BCUT2D eigenvalue weighted by Crippen LogP contribution is 2.04. The van der Waals surface area contributed by atoms with Crippen molar-refractivity contribution in [1.29, 1.82) is 0 Å². The van der Waals surface area contributed by atoms with Crippen molar-refractivity contribution in [3.05, 3.63) is 12.2 Å². The normalized spacial score (nSPS) is 13.6. The molecular weight excluding hydrogens is 214 g/mol. The summed E-state index contributed by atoms with van der Waals surface area (Å²) in [6.07, 6.45) is 2.57. The summed E-state index contributed by atoms with van der Waals surface area (Å²) in [5, 5.41) is 7.62. The molecule has 5 nitrogen and oxygen atoms in total. The third kappa shape index (κ3) is 4.83. The Hall–Kier alpha value is -0.940. The van der Waals surface area contributed by atoms with Crippen LogP contribution in [0, 0.1) is 5.92 Å². The van der Waals surface area contributed by atoms with Crippen molar-refractivity contribution in [2.45, 2.75) is 32.9 Å². The molecule has 1 rings (SSSR count). The van der Waals surface area contributed by atoms with Crippen molar-refractivity contribution >= 4 is 0 Å². The average molecular weight is 239 g/mol. The third-order valence-electron chi connectivity index (χ3n) is 2.66. The summed E-state index contributed by atoms with van der Waals surface area (Å²) >= 11 is 0. The van der Waals surface area contributed by atoms with Gasteiger partial charge in [-0.25, -0.2) is 9.67 Å². The Bertz CT molecular complexity index is 318. The Morgan fingerprint density at radius 2 is 2.12 bits per heavy atom. The van der Waals surface area contributed by atoms with Gasteiger partial charge >= 0.3 is 0 Å². The van der Waals surface area contributed by atoms with E-state index in [4.69, 9.17) is 0 Å². The Labute approximate surface area is 104 Å². The highest BCUT2D eigenvalue weighted by Gasteiger charge is 2.13. The summed E-state index contributed by atoms with van der Waals surface area (Å²) in [6, 6.07) is 0.417. The lowest BCUT2D eigenvalue weighted by Crippen LogP contribution is -2.38. The second kappa shape index (κ2) is 6.71. The zero-order valence-corrected chi connectivity index (χ0v) is 11.6. The van der Waals surface area contributed by atoms with Crippen LogP contribution < -0.4 is 5.32 Å². The van der Waals surface area contributed by atoms with Crippen LogP contribution in [0.2, 0.25) is 0 Å². The van der Waals surface area contributed by atoms with Crippen molar-refractivity contribution in [1.82, 2.24) is 25.0 Å². The summed E-state index contributed by atoms with van der Waals surface area (Å²) in [5.74, 6) is 1.66. The van der Waals surface area contributed by atoms with Gasteiger partial charge in [0.25, 0.3) is 0 Å². The van der Waals surface area contributed by atoms with Crippen LogP contribution in [0.1, 0.15) is 19.7 Å². The minimum atomic E-state index is 0.417. The maximum Gasteiger partial charge on any atom is 0.138 e. The van der Waals surface area contributed by atoms with E-state index in [1.165, 1.54) is 0 Å². The van der Waals surface area contributed by atoms with Gasteiger partial charge in [-0.2, -0.15) is 5.10 Å². The van der Waals surface area contributed by atoms with Crippen molar-refractivity contribution < 1.29 is 0 Å². The molecule has 17 heavy (non-hydrogen) atoms. The second-order valence-corrected chi connectivity index (χ2v) is 5.20. The Balaban J connectivity index is 2.62. The molecule has 0 bridgehead atoms. The van der Waals surface area contributed by atoms with Crippen LogP contribution in [0.15, 0.2) is 6.33 Å². The third-order valence-corrected chi connectivity index (χ3v) is 2.66. The molecule has 0 fully saturated rings. The second-order valence-electron chi connectivity index (χ2n) is 5.20. The Morgan fingerprint density at radius 3 is 2.65 bits per heavy atom. The van der Waals surface area contributed by atoms with Gasteiger partial charge in [0.05, 0.1) is 0 Å². The number of rotatable bonds is 7. The highest BCUT2D eigenvalue weighted by molar-refractivity contribution is 4.90. The van der Waals surface area contributed by atoms with E-state index < -0.39 is 0 Å². The molecule has 0 radical (unpaired) electrons. The van der Waals surface area contributed by atoms with Gasteiger partial charge in [-0.3, -0.25) is 0 Å². The minimum Gasteiger partial charge on any atom is -0.315 e. The molecule has 0 saturated heterocycles. The lowest BCUT2D eigenvalue weighted by Gasteiger charge is -2.20. The van der Waals surface area contributed by atoms with E-state index in [1.807, 2.05) is 11.7 Å². The molecule has 0 amide bonds. The van der Waals surface area contributed by atoms with Crippen LogP contribution in [0.25, 0.3) is 0 Å². The van der Waals surface area contributed by atoms with Crippen LogP contribution in [0.3, 0.4) is 0 Å². The van der Waals surface area contributed by atoms with Gasteiger partial charge in [-0.1, -0.05) is 13.8 Å².